The highest BCUT2D eigenvalue weighted by Crippen LogP contribution is 2.30. The summed E-state index contributed by atoms with van der Waals surface area (Å²) >= 11 is 4.97. The maximum atomic E-state index is 12.1. The molecular formula is C19H19BrN2O2S. The molecule has 2 aromatic rings. The quantitative estimate of drug-likeness (QED) is 0.386. The van der Waals surface area contributed by atoms with Gasteiger partial charge in [-0.2, -0.15) is 5.26 Å². The van der Waals surface area contributed by atoms with Gasteiger partial charge in [0.15, 0.2) is 0 Å². The van der Waals surface area contributed by atoms with Crippen molar-refractivity contribution in [3.63, 3.8) is 0 Å². The number of nitrogens with one attached hydrogen (secondary N) is 1. The van der Waals surface area contributed by atoms with E-state index in [9.17, 15) is 10.1 Å². The van der Waals surface area contributed by atoms with Crippen LogP contribution in [0.5, 0.6) is 0 Å². The van der Waals surface area contributed by atoms with Crippen molar-refractivity contribution in [2.45, 2.75) is 13.3 Å². The number of thiophene rings is 1. The second kappa shape index (κ2) is 10.1. The van der Waals surface area contributed by atoms with Crippen LogP contribution in [0.2, 0.25) is 0 Å². The lowest BCUT2D eigenvalue weighted by Crippen LogP contribution is -2.26. The molecule has 0 aliphatic carbocycles. The Morgan fingerprint density at radius 2 is 2.08 bits per heavy atom. The molecule has 1 heterocycles. The Labute approximate surface area is 160 Å². The van der Waals surface area contributed by atoms with Crippen molar-refractivity contribution in [3.8, 4) is 16.5 Å². The van der Waals surface area contributed by atoms with Crippen molar-refractivity contribution in [1.29, 1.82) is 5.26 Å². The predicted molar refractivity (Wildman–Crippen MR) is 105 cm³/mol. The summed E-state index contributed by atoms with van der Waals surface area (Å²) in [7, 11) is 0. The molecule has 4 nitrogen and oxygen atoms in total. The number of hydrogen-bond acceptors (Lipinski definition) is 4. The summed E-state index contributed by atoms with van der Waals surface area (Å²) in [5.41, 5.74) is 1.22. The average molecular weight is 419 g/mol. The highest BCUT2D eigenvalue weighted by atomic mass is 79.9. The summed E-state index contributed by atoms with van der Waals surface area (Å²) in [6, 6.07) is 13.9. The molecule has 0 saturated heterocycles. The first-order chi connectivity index (χ1) is 12.1. The zero-order chi connectivity index (χ0) is 18.1. The Morgan fingerprint density at radius 3 is 2.76 bits per heavy atom. The van der Waals surface area contributed by atoms with Gasteiger partial charge in [0.1, 0.15) is 11.6 Å². The third-order valence-corrected chi connectivity index (χ3v) is 4.97. The van der Waals surface area contributed by atoms with Gasteiger partial charge >= 0.3 is 0 Å². The standard InChI is InChI=1S/C19H19BrN2O2S/c1-2-24-11-3-10-22-19(23)15(13-21)12-17-8-9-18(25-17)14-4-6-16(20)7-5-14/h4-9,12H,2-3,10-11H2,1H3,(H,22,23)/b15-12+. The number of halogens is 1. The first-order valence-corrected chi connectivity index (χ1v) is 9.58. The highest BCUT2D eigenvalue weighted by Gasteiger charge is 2.09. The fourth-order valence-electron chi connectivity index (χ4n) is 2.11. The fourth-order valence-corrected chi connectivity index (χ4v) is 3.33. The maximum Gasteiger partial charge on any atom is 0.261 e. The molecule has 6 heteroatoms. The predicted octanol–water partition coefficient (Wildman–Crippen LogP) is 4.63. The molecule has 0 bridgehead atoms. The van der Waals surface area contributed by atoms with E-state index >= 15 is 0 Å². The molecule has 0 aliphatic heterocycles. The van der Waals surface area contributed by atoms with Crippen molar-refractivity contribution in [2.75, 3.05) is 19.8 Å². The second-order valence-electron chi connectivity index (χ2n) is 5.19. The van der Waals surface area contributed by atoms with Crippen molar-refractivity contribution < 1.29 is 9.53 Å². The molecule has 0 atom stereocenters. The Morgan fingerprint density at radius 1 is 1.32 bits per heavy atom. The van der Waals surface area contributed by atoms with E-state index in [4.69, 9.17) is 4.74 Å². The highest BCUT2D eigenvalue weighted by molar-refractivity contribution is 9.10. The third kappa shape index (κ3) is 6.13. The lowest BCUT2D eigenvalue weighted by atomic mass is 10.2. The average Bonchev–Trinajstić information content (AvgIpc) is 3.08. The van der Waals surface area contributed by atoms with Gasteiger partial charge in [-0.3, -0.25) is 4.79 Å². The van der Waals surface area contributed by atoms with Gasteiger partial charge in [0.05, 0.1) is 0 Å². The zero-order valence-electron chi connectivity index (χ0n) is 13.9. The number of rotatable bonds is 8. The van der Waals surface area contributed by atoms with Crippen LogP contribution in [0.15, 0.2) is 46.4 Å². The molecule has 1 aromatic heterocycles. The lowest BCUT2D eigenvalue weighted by molar-refractivity contribution is -0.117. The van der Waals surface area contributed by atoms with Gasteiger partial charge in [-0.1, -0.05) is 28.1 Å². The molecule has 2 rings (SSSR count). The van der Waals surface area contributed by atoms with Crippen LogP contribution >= 0.6 is 27.3 Å². The lowest BCUT2D eigenvalue weighted by Gasteiger charge is -2.04. The number of ether oxygens (including phenoxy) is 1. The van der Waals surface area contributed by atoms with Gasteiger partial charge in [-0.15, -0.1) is 11.3 Å². The van der Waals surface area contributed by atoms with Crippen molar-refractivity contribution in [2.24, 2.45) is 0 Å². The minimum absolute atomic E-state index is 0.112. The fraction of sp³-hybridized carbons (Fsp3) is 0.263. The number of carbonyl (C=O) groups excluding carboxylic acids is 1. The number of benzene rings is 1. The van der Waals surface area contributed by atoms with Crippen LogP contribution in [-0.2, 0) is 9.53 Å². The van der Waals surface area contributed by atoms with Crippen molar-refractivity contribution in [3.05, 3.63) is 51.3 Å². The van der Waals surface area contributed by atoms with E-state index in [1.807, 2.05) is 49.4 Å². The number of nitriles is 1. The molecular weight excluding hydrogens is 400 g/mol. The smallest absolute Gasteiger partial charge is 0.261 e. The minimum Gasteiger partial charge on any atom is -0.382 e. The van der Waals surface area contributed by atoms with Gasteiger partial charge in [0, 0.05) is 34.0 Å². The Bertz CT molecular complexity index is 775. The SMILES string of the molecule is CCOCCCNC(=O)/C(C#N)=C/c1ccc(-c2ccc(Br)cc2)s1. The van der Waals surface area contributed by atoms with E-state index < -0.39 is 0 Å². The summed E-state index contributed by atoms with van der Waals surface area (Å²) < 4.78 is 6.25. The normalized spacial score (nSPS) is 11.2. The van der Waals surface area contributed by atoms with Crippen LogP contribution in [0.4, 0.5) is 0 Å². The van der Waals surface area contributed by atoms with E-state index in [1.165, 1.54) is 0 Å². The van der Waals surface area contributed by atoms with Gasteiger partial charge in [0.25, 0.3) is 5.91 Å². The van der Waals surface area contributed by atoms with Crippen molar-refractivity contribution >= 4 is 39.2 Å². The summed E-state index contributed by atoms with van der Waals surface area (Å²) in [4.78, 5) is 14.0. The van der Waals surface area contributed by atoms with Gasteiger partial charge in [0.2, 0.25) is 0 Å². The molecule has 1 amide bonds. The summed E-state index contributed by atoms with van der Waals surface area (Å²) in [5, 5.41) is 12.0. The molecule has 0 saturated carbocycles. The molecule has 25 heavy (non-hydrogen) atoms. The van der Waals surface area contributed by atoms with Crippen LogP contribution in [0.25, 0.3) is 16.5 Å². The molecule has 0 fully saturated rings. The van der Waals surface area contributed by atoms with Crippen LogP contribution < -0.4 is 5.32 Å². The van der Waals surface area contributed by atoms with Gasteiger partial charge in [-0.05, 0) is 49.2 Å². The van der Waals surface area contributed by atoms with E-state index in [2.05, 4.69) is 21.2 Å². The van der Waals surface area contributed by atoms with Crippen molar-refractivity contribution in [1.82, 2.24) is 5.32 Å². The first kappa shape index (κ1) is 19.4. The van der Waals surface area contributed by atoms with E-state index in [1.54, 1.807) is 17.4 Å². The number of nitrogens with zero attached hydrogens (tertiary/aromatic N) is 1. The van der Waals surface area contributed by atoms with Gasteiger partial charge in [-0.25, -0.2) is 0 Å². The molecule has 1 aromatic carbocycles. The zero-order valence-corrected chi connectivity index (χ0v) is 16.3. The monoisotopic (exact) mass is 418 g/mol. The van der Waals surface area contributed by atoms with E-state index in [0.717, 1.165) is 26.2 Å². The molecule has 0 radical (unpaired) electrons. The van der Waals surface area contributed by atoms with E-state index in [0.29, 0.717) is 19.8 Å². The van der Waals surface area contributed by atoms with Crippen LogP contribution in [0.1, 0.15) is 18.2 Å². The molecule has 0 aliphatic rings. The molecule has 0 spiro atoms. The molecule has 130 valence electrons. The Balaban J connectivity index is 2.01. The second-order valence-corrected chi connectivity index (χ2v) is 7.22. The van der Waals surface area contributed by atoms with Gasteiger partial charge < -0.3 is 10.1 Å². The first-order valence-electron chi connectivity index (χ1n) is 7.97. The van der Waals surface area contributed by atoms with Crippen LogP contribution in [0, 0.1) is 11.3 Å². The number of hydrogen-bond donors (Lipinski definition) is 1. The van der Waals surface area contributed by atoms with Crippen LogP contribution in [-0.4, -0.2) is 25.7 Å². The third-order valence-electron chi connectivity index (χ3n) is 3.36. The topological polar surface area (TPSA) is 62.1 Å². The number of amides is 1. The summed E-state index contributed by atoms with van der Waals surface area (Å²) in [6.07, 6.45) is 2.36. The summed E-state index contributed by atoms with van der Waals surface area (Å²) in [5.74, 6) is -0.349. The largest absolute Gasteiger partial charge is 0.382 e. The maximum absolute atomic E-state index is 12.1. The Kier molecular flexibility index (Phi) is 7.86. The summed E-state index contributed by atoms with van der Waals surface area (Å²) in [6.45, 7) is 3.69. The molecule has 1 N–H and O–H groups in total. The minimum atomic E-state index is -0.349. The molecule has 0 unspecified atom stereocenters. The Hall–Kier alpha value is -1.94. The van der Waals surface area contributed by atoms with Crippen LogP contribution in [0.3, 0.4) is 0 Å². The number of carbonyl (C=O) groups is 1. The van der Waals surface area contributed by atoms with E-state index in [-0.39, 0.29) is 11.5 Å².